The highest BCUT2D eigenvalue weighted by molar-refractivity contribution is 5.25. The highest BCUT2D eigenvalue weighted by Gasteiger charge is 2.62. The fraction of sp³-hybridized carbons (Fsp3) is 0.909. The summed E-state index contributed by atoms with van der Waals surface area (Å²) in [4.78, 5) is 2.72. The highest BCUT2D eigenvalue weighted by Crippen LogP contribution is 2.67. The van der Waals surface area contributed by atoms with Gasteiger partial charge >= 0.3 is 0 Å². The van der Waals surface area contributed by atoms with E-state index in [1.165, 1.54) is 58.0 Å². The summed E-state index contributed by atoms with van der Waals surface area (Å²) in [5, 5.41) is 14.8. The van der Waals surface area contributed by atoms with Gasteiger partial charge in [-0.05, 0) is 88.0 Å². The minimum atomic E-state index is -0.456. The van der Waals surface area contributed by atoms with Crippen LogP contribution in [0.15, 0.2) is 11.8 Å². The highest BCUT2D eigenvalue weighted by atomic mass is 16.3. The van der Waals surface area contributed by atoms with E-state index in [0.717, 1.165) is 18.3 Å². The predicted molar refractivity (Wildman–Crippen MR) is 101 cm³/mol. The van der Waals surface area contributed by atoms with E-state index in [0.29, 0.717) is 17.5 Å². The second kappa shape index (κ2) is 5.25. The van der Waals surface area contributed by atoms with Crippen LogP contribution in [0.2, 0.25) is 0 Å². The Kier molecular flexibility index (Phi) is 3.49. The fourth-order valence-corrected chi connectivity index (χ4v) is 7.85. The molecule has 25 heavy (non-hydrogen) atoms. The molecule has 0 amide bonds. The number of aliphatic hydroxyl groups is 1. The van der Waals surface area contributed by atoms with Gasteiger partial charge in [0.1, 0.15) is 0 Å². The van der Waals surface area contributed by atoms with Gasteiger partial charge in [0.05, 0.1) is 11.8 Å². The van der Waals surface area contributed by atoms with Crippen molar-refractivity contribution in [3.05, 3.63) is 11.8 Å². The van der Waals surface area contributed by atoms with Crippen molar-refractivity contribution in [2.75, 3.05) is 13.1 Å². The molecule has 0 aromatic heterocycles. The number of rotatable bonds is 0. The summed E-state index contributed by atoms with van der Waals surface area (Å²) in [6.45, 7) is 9.52. The second-order valence-corrected chi connectivity index (χ2v) is 10.4. The summed E-state index contributed by atoms with van der Waals surface area (Å²) in [7, 11) is 0. The van der Waals surface area contributed by atoms with Crippen LogP contribution in [0.5, 0.6) is 0 Å². The maximum Gasteiger partial charge on any atom is 0.0793 e. The average molecular weight is 345 g/mol. The number of nitrogens with one attached hydrogen (secondary N) is 1. The lowest BCUT2D eigenvalue weighted by Gasteiger charge is -2.61. The molecule has 7 atom stereocenters. The summed E-state index contributed by atoms with van der Waals surface area (Å²) in [5.41, 5.74) is 1.72. The minimum Gasteiger partial charge on any atom is -0.390 e. The van der Waals surface area contributed by atoms with E-state index in [1.54, 1.807) is 5.70 Å². The van der Waals surface area contributed by atoms with Crippen LogP contribution in [0.1, 0.15) is 72.1 Å². The van der Waals surface area contributed by atoms with Crippen molar-refractivity contribution in [2.24, 2.45) is 28.6 Å². The number of piperidine rings is 1. The van der Waals surface area contributed by atoms with E-state index >= 15 is 0 Å². The summed E-state index contributed by atoms with van der Waals surface area (Å²) in [6.07, 6.45) is 13.1. The Labute approximate surface area is 153 Å². The molecule has 3 heteroatoms. The quantitative estimate of drug-likeness (QED) is 0.700. The van der Waals surface area contributed by atoms with Crippen LogP contribution in [0, 0.1) is 28.6 Å². The standard InChI is InChI=1S/C22H36N2O/c1-20-10-9-19-23-13-4-14-24(19)18(20)6-5-15-16(20)7-11-21(2)17(15)8-12-22(21,3)25/h6,15-17,19,23,25H,4-5,7-14H2,1-3H3. The van der Waals surface area contributed by atoms with Gasteiger partial charge in [-0.2, -0.15) is 0 Å². The topological polar surface area (TPSA) is 35.5 Å². The smallest absolute Gasteiger partial charge is 0.0793 e. The second-order valence-electron chi connectivity index (χ2n) is 10.4. The first-order valence-electron chi connectivity index (χ1n) is 10.8. The van der Waals surface area contributed by atoms with Gasteiger partial charge in [-0.3, -0.25) is 5.32 Å². The zero-order valence-corrected chi connectivity index (χ0v) is 16.4. The van der Waals surface area contributed by atoms with Crippen LogP contribution in [0.25, 0.3) is 0 Å². The number of nitrogens with zero attached hydrogens (tertiary/aromatic N) is 1. The average Bonchev–Trinajstić information content (AvgIpc) is 2.84. The molecular formula is C22H36N2O. The molecule has 2 heterocycles. The van der Waals surface area contributed by atoms with Crippen LogP contribution in [0.4, 0.5) is 0 Å². The number of hydrogen-bond donors (Lipinski definition) is 2. The summed E-state index contributed by atoms with van der Waals surface area (Å²) in [5.74, 6) is 2.33. The predicted octanol–water partition coefficient (Wildman–Crippen LogP) is 3.89. The number of hydrogen-bond acceptors (Lipinski definition) is 3. The van der Waals surface area contributed by atoms with Crippen LogP contribution >= 0.6 is 0 Å². The van der Waals surface area contributed by atoms with Crippen LogP contribution < -0.4 is 5.32 Å². The fourth-order valence-electron chi connectivity index (χ4n) is 7.85. The van der Waals surface area contributed by atoms with Crippen LogP contribution in [0.3, 0.4) is 0 Å². The Morgan fingerprint density at radius 1 is 1.08 bits per heavy atom. The molecule has 5 aliphatic rings. The van der Waals surface area contributed by atoms with Gasteiger partial charge in [0.25, 0.3) is 0 Å². The third kappa shape index (κ3) is 2.06. The molecule has 2 N–H and O–H groups in total. The van der Waals surface area contributed by atoms with E-state index in [4.69, 9.17) is 0 Å². The molecule has 7 unspecified atom stereocenters. The Morgan fingerprint density at radius 2 is 1.88 bits per heavy atom. The van der Waals surface area contributed by atoms with E-state index in [9.17, 15) is 5.11 Å². The van der Waals surface area contributed by atoms with Crippen LogP contribution in [-0.4, -0.2) is 34.9 Å². The number of fused-ring (bicyclic) bond motifs is 7. The van der Waals surface area contributed by atoms with E-state index in [2.05, 4.69) is 37.1 Å². The lowest BCUT2D eigenvalue weighted by molar-refractivity contribution is -0.120. The lowest BCUT2D eigenvalue weighted by Crippen LogP contribution is -2.61. The molecule has 2 aliphatic heterocycles. The van der Waals surface area contributed by atoms with E-state index in [-0.39, 0.29) is 5.41 Å². The molecule has 4 fully saturated rings. The molecule has 0 aromatic carbocycles. The normalized spacial score (nSPS) is 54.9. The van der Waals surface area contributed by atoms with Gasteiger partial charge in [-0.15, -0.1) is 0 Å². The third-order valence-corrected chi connectivity index (χ3v) is 9.56. The Hall–Kier alpha value is -0.540. The van der Waals surface area contributed by atoms with E-state index in [1.807, 2.05) is 0 Å². The Balaban J connectivity index is 1.50. The van der Waals surface area contributed by atoms with Crippen molar-refractivity contribution >= 4 is 0 Å². The minimum absolute atomic E-state index is 0.139. The number of allylic oxidation sites excluding steroid dienone is 2. The van der Waals surface area contributed by atoms with Gasteiger partial charge in [0.2, 0.25) is 0 Å². The summed E-state index contributed by atoms with van der Waals surface area (Å²) in [6, 6.07) is 0. The molecule has 0 bridgehead atoms. The first-order valence-corrected chi connectivity index (χ1v) is 10.8. The van der Waals surface area contributed by atoms with Gasteiger partial charge in [-0.25, -0.2) is 0 Å². The first kappa shape index (κ1) is 16.6. The van der Waals surface area contributed by atoms with Gasteiger partial charge in [0, 0.05) is 17.7 Å². The van der Waals surface area contributed by atoms with Gasteiger partial charge in [0.15, 0.2) is 0 Å². The Bertz CT molecular complexity index is 599. The zero-order valence-electron chi connectivity index (χ0n) is 16.4. The molecule has 3 nitrogen and oxygen atoms in total. The van der Waals surface area contributed by atoms with E-state index < -0.39 is 5.60 Å². The lowest BCUT2D eigenvalue weighted by atomic mass is 9.48. The monoisotopic (exact) mass is 344 g/mol. The van der Waals surface area contributed by atoms with Crippen molar-refractivity contribution in [1.29, 1.82) is 0 Å². The molecule has 0 aromatic rings. The maximum atomic E-state index is 11.1. The van der Waals surface area contributed by atoms with Crippen molar-refractivity contribution in [1.82, 2.24) is 10.2 Å². The molecule has 2 saturated heterocycles. The molecule has 0 radical (unpaired) electrons. The zero-order chi connectivity index (χ0) is 17.4. The molecule has 140 valence electrons. The molecular weight excluding hydrogens is 308 g/mol. The third-order valence-electron chi connectivity index (χ3n) is 9.56. The molecule has 3 aliphatic carbocycles. The van der Waals surface area contributed by atoms with Crippen molar-refractivity contribution < 1.29 is 5.11 Å². The van der Waals surface area contributed by atoms with Crippen molar-refractivity contribution in [3.63, 3.8) is 0 Å². The maximum absolute atomic E-state index is 11.1. The van der Waals surface area contributed by atoms with Gasteiger partial charge in [-0.1, -0.05) is 19.9 Å². The summed E-state index contributed by atoms with van der Waals surface area (Å²) >= 11 is 0. The van der Waals surface area contributed by atoms with Crippen molar-refractivity contribution in [3.8, 4) is 0 Å². The molecule has 0 spiro atoms. The van der Waals surface area contributed by atoms with Gasteiger partial charge < -0.3 is 10.0 Å². The van der Waals surface area contributed by atoms with Crippen LogP contribution in [-0.2, 0) is 0 Å². The Morgan fingerprint density at radius 3 is 2.72 bits per heavy atom. The molecule has 5 rings (SSSR count). The first-order chi connectivity index (χ1) is 11.9. The van der Waals surface area contributed by atoms with Crippen molar-refractivity contribution in [2.45, 2.75) is 83.9 Å². The molecule has 2 saturated carbocycles. The largest absolute Gasteiger partial charge is 0.390 e. The summed E-state index contributed by atoms with van der Waals surface area (Å²) < 4.78 is 0. The SMILES string of the molecule is CC12CCC3NCCCN3C1=CCC1C2CCC2(C)C1CCC2(C)O.